The Hall–Kier alpha value is -3.06. The highest BCUT2D eigenvalue weighted by atomic mass is 32.1. The first-order valence-electron chi connectivity index (χ1n) is 8.76. The van der Waals surface area contributed by atoms with Crippen LogP contribution in [0, 0.1) is 0 Å². The molecule has 1 heterocycles. The van der Waals surface area contributed by atoms with Crippen molar-refractivity contribution in [3.63, 3.8) is 0 Å². The zero-order valence-electron chi connectivity index (χ0n) is 14.9. The maximum atomic E-state index is 12.7. The third kappa shape index (κ3) is 4.98. The Labute approximate surface area is 161 Å². The maximum absolute atomic E-state index is 12.7. The molecule has 2 amide bonds. The highest BCUT2D eigenvalue weighted by Gasteiger charge is 2.16. The Morgan fingerprint density at radius 2 is 1.67 bits per heavy atom. The predicted molar refractivity (Wildman–Crippen MR) is 107 cm³/mol. The van der Waals surface area contributed by atoms with Gasteiger partial charge in [0.25, 0.3) is 11.8 Å². The molecule has 6 nitrogen and oxygen atoms in total. The van der Waals surface area contributed by atoms with Crippen LogP contribution >= 0.6 is 11.3 Å². The van der Waals surface area contributed by atoms with Crippen molar-refractivity contribution >= 4 is 34.0 Å². The largest absolute Gasteiger partial charge is 0.321 e. The number of nitrogens with zero attached hydrogens (tertiary/aromatic N) is 2. The molecule has 0 aliphatic carbocycles. The summed E-state index contributed by atoms with van der Waals surface area (Å²) in [5, 5.41) is 15.0. The molecule has 0 saturated carbocycles. The van der Waals surface area contributed by atoms with Crippen LogP contribution in [0.2, 0.25) is 0 Å². The van der Waals surface area contributed by atoms with Crippen LogP contribution in [0.4, 0.5) is 10.8 Å². The molecule has 0 fully saturated rings. The summed E-state index contributed by atoms with van der Waals surface area (Å²) in [6, 6.07) is 15.7. The van der Waals surface area contributed by atoms with E-state index in [0.717, 1.165) is 24.3 Å². The molecule has 2 N–H and O–H groups in total. The van der Waals surface area contributed by atoms with Crippen molar-refractivity contribution in [1.82, 2.24) is 10.2 Å². The quantitative estimate of drug-likeness (QED) is 0.637. The molecule has 1 aromatic heterocycles. The van der Waals surface area contributed by atoms with E-state index in [0.29, 0.717) is 21.9 Å². The van der Waals surface area contributed by atoms with Crippen LogP contribution in [0.3, 0.4) is 0 Å². The van der Waals surface area contributed by atoms with Crippen LogP contribution in [0.5, 0.6) is 0 Å². The summed E-state index contributed by atoms with van der Waals surface area (Å²) < 4.78 is 0. The molecule has 0 unspecified atom stereocenters. The summed E-state index contributed by atoms with van der Waals surface area (Å²) >= 11 is 1.37. The van der Waals surface area contributed by atoms with Gasteiger partial charge in [0.1, 0.15) is 5.01 Å². The Morgan fingerprint density at radius 1 is 0.926 bits per heavy atom. The second kappa shape index (κ2) is 9.05. The van der Waals surface area contributed by atoms with E-state index in [4.69, 9.17) is 0 Å². The van der Waals surface area contributed by atoms with Gasteiger partial charge < -0.3 is 5.32 Å². The summed E-state index contributed by atoms with van der Waals surface area (Å²) in [7, 11) is 0. The Balaban J connectivity index is 1.72. The fraction of sp³-hybridized carbons (Fsp3) is 0.200. The lowest BCUT2D eigenvalue weighted by molar-refractivity contribution is 0.102. The molecule has 7 heteroatoms. The SMILES string of the molecule is CCCCc1nnc(NC(=O)c2ccccc2NC(=O)c2ccccc2)s1. The summed E-state index contributed by atoms with van der Waals surface area (Å²) in [6.45, 7) is 2.12. The van der Waals surface area contributed by atoms with Crippen LogP contribution in [0.1, 0.15) is 45.5 Å². The molecule has 138 valence electrons. The van der Waals surface area contributed by atoms with Crippen LogP contribution in [0.25, 0.3) is 0 Å². The van der Waals surface area contributed by atoms with Gasteiger partial charge in [-0.05, 0) is 30.7 Å². The molecule has 0 saturated heterocycles. The van der Waals surface area contributed by atoms with Crippen molar-refractivity contribution < 1.29 is 9.59 Å². The van der Waals surface area contributed by atoms with Gasteiger partial charge in [0.15, 0.2) is 0 Å². The van der Waals surface area contributed by atoms with Gasteiger partial charge in [-0.2, -0.15) is 0 Å². The molecule has 3 rings (SSSR count). The monoisotopic (exact) mass is 380 g/mol. The standard InChI is InChI=1S/C20H20N4O2S/c1-2-3-13-17-23-24-20(27-17)22-19(26)15-11-7-8-12-16(15)21-18(25)14-9-5-4-6-10-14/h4-12H,2-3,13H2,1H3,(H,21,25)(H,22,24,26). The van der Waals surface area contributed by atoms with Gasteiger partial charge in [-0.1, -0.05) is 55.0 Å². The molecule has 0 atom stereocenters. The number of aryl methyl sites for hydroxylation is 1. The van der Waals surface area contributed by atoms with E-state index in [2.05, 4.69) is 27.8 Å². The Morgan fingerprint density at radius 3 is 2.44 bits per heavy atom. The minimum Gasteiger partial charge on any atom is -0.321 e. The highest BCUT2D eigenvalue weighted by Crippen LogP contribution is 2.21. The molecule has 0 radical (unpaired) electrons. The number of hydrogen-bond donors (Lipinski definition) is 2. The van der Waals surface area contributed by atoms with Crippen molar-refractivity contribution in [2.75, 3.05) is 10.6 Å². The first kappa shape index (κ1) is 18.7. The van der Waals surface area contributed by atoms with E-state index >= 15 is 0 Å². The first-order chi connectivity index (χ1) is 13.2. The van der Waals surface area contributed by atoms with E-state index in [1.165, 1.54) is 11.3 Å². The van der Waals surface area contributed by atoms with Crippen molar-refractivity contribution in [2.45, 2.75) is 26.2 Å². The molecular weight excluding hydrogens is 360 g/mol. The predicted octanol–water partition coefficient (Wildman–Crippen LogP) is 4.39. The van der Waals surface area contributed by atoms with Gasteiger partial charge >= 0.3 is 0 Å². The van der Waals surface area contributed by atoms with Gasteiger partial charge in [-0.15, -0.1) is 10.2 Å². The van der Waals surface area contributed by atoms with Crippen LogP contribution < -0.4 is 10.6 Å². The van der Waals surface area contributed by atoms with E-state index in [9.17, 15) is 9.59 Å². The van der Waals surface area contributed by atoms with Crippen molar-refractivity contribution in [3.8, 4) is 0 Å². The molecule has 3 aromatic rings. The first-order valence-corrected chi connectivity index (χ1v) is 9.58. The van der Waals surface area contributed by atoms with Crippen LogP contribution in [-0.2, 0) is 6.42 Å². The number of benzene rings is 2. The Bertz CT molecular complexity index is 924. The topological polar surface area (TPSA) is 84.0 Å². The molecule has 0 aliphatic rings. The second-order valence-electron chi connectivity index (χ2n) is 5.92. The second-order valence-corrected chi connectivity index (χ2v) is 6.99. The van der Waals surface area contributed by atoms with Gasteiger partial charge in [-0.3, -0.25) is 14.9 Å². The number of unbranched alkanes of at least 4 members (excludes halogenated alkanes) is 1. The molecule has 27 heavy (non-hydrogen) atoms. The number of nitrogens with one attached hydrogen (secondary N) is 2. The summed E-state index contributed by atoms with van der Waals surface area (Å²) in [6.07, 6.45) is 2.97. The van der Waals surface area contributed by atoms with Crippen molar-refractivity contribution in [2.24, 2.45) is 0 Å². The van der Waals surface area contributed by atoms with Gasteiger partial charge in [-0.25, -0.2) is 0 Å². The lowest BCUT2D eigenvalue weighted by Crippen LogP contribution is -2.18. The number of para-hydroxylation sites is 1. The Kier molecular flexibility index (Phi) is 6.27. The number of carbonyl (C=O) groups is 2. The molecular formula is C20H20N4O2S. The molecule has 0 aliphatic heterocycles. The van der Waals surface area contributed by atoms with Crippen LogP contribution in [-0.4, -0.2) is 22.0 Å². The minimum absolute atomic E-state index is 0.270. The molecule has 0 bridgehead atoms. The lowest BCUT2D eigenvalue weighted by atomic mass is 10.1. The van der Waals surface area contributed by atoms with Crippen molar-refractivity contribution in [1.29, 1.82) is 0 Å². The van der Waals surface area contributed by atoms with Gasteiger partial charge in [0.05, 0.1) is 11.3 Å². The number of carbonyl (C=O) groups excluding carboxylic acids is 2. The highest BCUT2D eigenvalue weighted by molar-refractivity contribution is 7.15. The number of aromatic nitrogens is 2. The number of anilines is 2. The van der Waals surface area contributed by atoms with E-state index in [1.807, 2.05) is 6.07 Å². The van der Waals surface area contributed by atoms with E-state index < -0.39 is 0 Å². The third-order valence-electron chi connectivity index (χ3n) is 3.89. The number of rotatable bonds is 7. The van der Waals surface area contributed by atoms with Crippen molar-refractivity contribution in [3.05, 3.63) is 70.7 Å². The minimum atomic E-state index is -0.336. The smallest absolute Gasteiger partial charge is 0.259 e. The normalized spacial score (nSPS) is 10.4. The number of amides is 2. The zero-order chi connectivity index (χ0) is 19.1. The fourth-order valence-electron chi connectivity index (χ4n) is 2.47. The summed E-state index contributed by atoms with van der Waals surface area (Å²) in [4.78, 5) is 25.0. The average Bonchev–Trinajstić information content (AvgIpc) is 3.14. The molecule has 0 spiro atoms. The fourth-order valence-corrected chi connectivity index (χ4v) is 3.25. The summed E-state index contributed by atoms with van der Waals surface area (Å²) in [5.41, 5.74) is 1.34. The van der Waals surface area contributed by atoms with E-state index in [1.54, 1.807) is 48.5 Å². The number of hydrogen-bond acceptors (Lipinski definition) is 5. The van der Waals surface area contributed by atoms with E-state index in [-0.39, 0.29) is 11.8 Å². The third-order valence-corrected chi connectivity index (χ3v) is 4.79. The van der Waals surface area contributed by atoms with Gasteiger partial charge in [0.2, 0.25) is 5.13 Å². The molecule has 2 aromatic carbocycles. The average molecular weight is 380 g/mol. The van der Waals surface area contributed by atoms with Gasteiger partial charge in [0, 0.05) is 12.0 Å². The summed E-state index contributed by atoms with van der Waals surface area (Å²) in [5.74, 6) is -0.606. The lowest BCUT2D eigenvalue weighted by Gasteiger charge is -2.10. The van der Waals surface area contributed by atoms with Crippen LogP contribution in [0.15, 0.2) is 54.6 Å². The maximum Gasteiger partial charge on any atom is 0.259 e. The zero-order valence-corrected chi connectivity index (χ0v) is 15.8.